The number of aliphatic hydroxyl groups is 1. The normalized spacial score (nSPS) is 23.4. The van der Waals surface area contributed by atoms with Gasteiger partial charge in [0.15, 0.2) is 0 Å². The van der Waals surface area contributed by atoms with E-state index in [9.17, 15) is 9.90 Å². The molecule has 25 heavy (non-hydrogen) atoms. The summed E-state index contributed by atoms with van der Waals surface area (Å²) in [5, 5.41) is 11.7. The molecular weight excluding hydrogens is 338 g/mol. The number of hydrogen-bond donors (Lipinski definition) is 2. The Morgan fingerprint density at radius 2 is 2.16 bits per heavy atom. The van der Waals surface area contributed by atoms with Crippen LogP contribution in [0.15, 0.2) is 18.3 Å². The van der Waals surface area contributed by atoms with E-state index < -0.39 is 5.60 Å². The third-order valence-electron chi connectivity index (χ3n) is 4.58. The van der Waals surface area contributed by atoms with Crippen molar-refractivity contribution in [2.75, 3.05) is 12.3 Å². The summed E-state index contributed by atoms with van der Waals surface area (Å²) in [5.41, 5.74) is 6.64. The monoisotopic (exact) mass is 361 g/mol. The number of nitrogen functional groups attached to an aromatic ring is 1. The second-order valence-electron chi connectivity index (χ2n) is 6.54. The van der Waals surface area contributed by atoms with E-state index in [1.807, 2.05) is 19.1 Å². The van der Waals surface area contributed by atoms with Crippen LogP contribution in [0.4, 0.5) is 5.82 Å². The number of thiazole rings is 1. The van der Waals surface area contributed by atoms with E-state index in [0.29, 0.717) is 43.1 Å². The van der Waals surface area contributed by atoms with Gasteiger partial charge >= 0.3 is 5.97 Å². The second kappa shape index (κ2) is 7.09. The van der Waals surface area contributed by atoms with Crippen molar-refractivity contribution in [3.05, 3.63) is 28.9 Å². The van der Waals surface area contributed by atoms with Crippen molar-refractivity contribution in [2.45, 2.75) is 45.1 Å². The molecule has 134 valence electrons. The molecule has 3 rings (SSSR count). The molecule has 1 saturated carbocycles. The molecule has 2 heterocycles. The predicted octanol–water partition coefficient (Wildman–Crippen LogP) is 3.04. The zero-order valence-corrected chi connectivity index (χ0v) is 15.3. The minimum Gasteiger partial charge on any atom is -0.466 e. The van der Waals surface area contributed by atoms with Crippen LogP contribution in [0.1, 0.15) is 43.2 Å². The van der Waals surface area contributed by atoms with E-state index in [2.05, 4.69) is 9.97 Å². The molecule has 0 atom stereocenters. The summed E-state index contributed by atoms with van der Waals surface area (Å²) in [4.78, 5) is 21.5. The van der Waals surface area contributed by atoms with Crippen molar-refractivity contribution >= 4 is 23.1 Å². The van der Waals surface area contributed by atoms with E-state index in [4.69, 9.17) is 10.5 Å². The quantitative estimate of drug-likeness (QED) is 0.812. The molecule has 7 heteroatoms. The van der Waals surface area contributed by atoms with Crippen molar-refractivity contribution in [2.24, 2.45) is 5.92 Å². The topological polar surface area (TPSA) is 98.3 Å². The summed E-state index contributed by atoms with van der Waals surface area (Å²) in [6.07, 6.45) is 3.97. The minimum atomic E-state index is -0.985. The molecule has 2 aromatic rings. The Hall–Kier alpha value is -1.99. The van der Waals surface area contributed by atoms with Gasteiger partial charge in [-0.25, -0.2) is 9.97 Å². The first-order chi connectivity index (χ1) is 11.9. The fourth-order valence-corrected chi connectivity index (χ4v) is 4.26. The second-order valence-corrected chi connectivity index (χ2v) is 7.57. The van der Waals surface area contributed by atoms with Crippen LogP contribution in [-0.2, 0) is 15.1 Å². The summed E-state index contributed by atoms with van der Waals surface area (Å²) in [6.45, 7) is 4.16. The number of anilines is 1. The first kappa shape index (κ1) is 17.8. The molecule has 0 saturated heterocycles. The fraction of sp³-hybridized carbons (Fsp3) is 0.500. The Labute approximate surface area is 151 Å². The van der Waals surface area contributed by atoms with E-state index in [-0.39, 0.29) is 11.9 Å². The molecule has 2 aromatic heterocycles. The lowest BCUT2D eigenvalue weighted by Crippen LogP contribution is -2.34. The summed E-state index contributed by atoms with van der Waals surface area (Å²) in [5.74, 6) is 0.181. The van der Waals surface area contributed by atoms with Crippen molar-refractivity contribution in [1.29, 1.82) is 0 Å². The van der Waals surface area contributed by atoms with Crippen molar-refractivity contribution < 1.29 is 14.6 Å². The van der Waals surface area contributed by atoms with Crippen LogP contribution in [0.25, 0.3) is 10.6 Å². The number of aryl methyl sites for hydroxylation is 1. The lowest BCUT2D eigenvalue weighted by molar-refractivity contribution is -0.151. The molecule has 6 nitrogen and oxygen atoms in total. The number of ether oxygens (including phenoxy) is 1. The standard InChI is InChI=1S/C18H23N3O3S/c1-3-24-16(22)12-4-6-18(23,7-5-12)17-20-10-14(25-17)13-8-11(2)9-15(19)21-13/h8-10,12,23H,3-7H2,1-2H3,(H2,19,21). The van der Waals surface area contributed by atoms with Gasteiger partial charge < -0.3 is 15.6 Å². The van der Waals surface area contributed by atoms with Gasteiger partial charge in [0, 0.05) is 6.20 Å². The number of nitrogens with zero attached hydrogens (tertiary/aromatic N) is 2. The molecule has 1 fully saturated rings. The van der Waals surface area contributed by atoms with Gasteiger partial charge in [0.2, 0.25) is 0 Å². The lowest BCUT2D eigenvalue weighted by atomic mass is 9.79. The number of carbonyl (C=O) groups excluding carboxylic acids is 1. The van der Waals surface area contributed by atoms with Gasteiger partial charge in [-0.1, -0.05) is 0 Å². The highest BCUT2D eigenvalue weighted by Crippen LogP contribution is 2.42. The molecule has 1 aliphatic rings. The van der Waals surface area contributed by atoms with Crippen LogP contribution in [-0.4, -0.2) is 27.7 Å². The van der Waals surface area contributed by atoms with Crippen LogP contribution < -0.4 is 5.73 Å². The molecule has 0 aromatic carbocycles. The number of aromatic nitrogens is 2. The van der Waals surface area contributed by atoms with E-state index in [0.717, 1.165) is 16.1 Å². The third-order valence-corrected chi connectivity index (χ3v) is 5.79. The zero-order chi connectivity index (χ0) is 18.0. The molecule has 0 aliphatic heterocycles. The highest BCUT2D eigenvalue weighted by atomic mass is 32.1. The summed E-state index contributed by atoms with van der Waals surface area (Å²) in [7, 11) is 0. The minimum absolute atomic E-state index is 0.127. The number of pyridine rings is 1. The first-order valence-corrected chi connectivity index (χ1v) is 9.33. The van der Waals surface area contributed by atoms with Crippen molar-refractivity contribution in [3.63, 3.8) is 0 Å². The highest BCUT2D eigenvalue weighted by Gasteiger charge is 2.39. The molecule has 0 bridgehead atoms. The maximum Gasteiger partial charge on any atom is 0.308 e. The largest absolute Gasteiger partial charge is 0.466 e. The molecule has 0 unspecified atom stereocenters. The summed E-state index contributed by atoms with van der Waals surface area (Å²) >= 11 is 1.43. The smallest absolute Gasteiger partial charge is 0.308 e. The highest BCUT2D eigenvalue weighted by molar-refractivity contribution is 7.15. The van der Waals surface area contributed by atoms with Crippen LogP contribution in [0, 0.1) is 12.8 Å². The molecule has 3 N–H and O–H groups in total. The van der Waals surface area contributed by atoms with Crippen molar-refractivity contribution in [3.8, 4) is 10.6 Å². The van der Waals surface area contributed by atoms with Gasteiger partial charge in [-0.15, -0.1) is 11.3 Å². The molecular formula is C18H23N3O3S. The average Bonchev–Trinajstić information content (AvgIpc) is 3.06. The van der Waals surface area contributed by atoms with Crippen molar-refractivity contribution in [1.82, 2.24) is 9.97 Å². The van der Waals surface area contributed by atoms with E-state index in [1.165, 1.54) is 11.3 Å². The molecule has 0 amide bonds. The summed E-state index contributed by atoms with van der Waals surface area (Å²) in [6, 6.07) is 3.77. The molecule has 0 spiro atoms. The molecule has 1 aliphatic carbocycles. The van der Waals surface area contributed by atoms with Gasteiger partial charge in [-0.05, 0) is 57.2 Å². The van der Waals surface area contributed by atoms with Gasteiger partial charge in [-0.3, -0.25) is 4.79 Å². The van der Waals surface area contributed by atoms with Crippen LogP contribution >= 0.6 is 11.3 Å². The number of carbonyl (C=O) groups is 1. The summed E-state index contributed by atoms with van der Waals surface area (Å²) < 4.78 is 5.09. The predicted molar refractivity (Wildman–Crippen MR) is 97.0 cm³/mol. The van der Waals surface area contributed by atoms with Crippen LogP contribution in [0.3, 0.4) is 0 Å². The fourth-order valence-electron chi connectivity index (χ4n) is 3.23. The number of rotatable bonds is 4. The van der Waals surface area contributed by atoms with Gasteiger partial charge in [0.25, 0.3) is 0 Å². The van der Waals surface area contributed by atoms with Crippen LogP contribution in [0.5, 0.6) is 0 Å². The Kier molecular flexibility index (Phi) is 5.06. The van der Waals surface area contributed by atoms with E-state index in [1.54, 1.807) is 13.1 Å². The van der Waals surface area contributed by atoms with Gasteiger partial charge in [0.1, 0.15) is 16.4 Å². The van der Waals surface area contributed by atoms with E-state index >= 15 is 0 Å². The molecule has 0 radical (unpaired) electrons. The Bertz CT molecular complexity index is 746. The zero-order valence-electron chi connectivity index (χ0n) is 14.5. The van der Waals surface area contributed by atoms with Gasteiger partial charge in [0.05, 0.1) is 23.1 Å². The SMILES string of the molecule is CCOC(=O)C1CCC(O)(c2ncc(-c3cc(C)cc(N)n3)s2)CC1. The number of esters is 1. The third kappa shape index (κ3) is 3.82. The number of hydrogen-bond acceptors (Lipinski definition) is 7. The first-order valence-electron chi connectivity index (χ1n) is 8.51. The average molecular weight is 361 g/mol. The van der Waals surface area contributed by atoms with Gasteiger partial charge in [-0.2, -0.15) is 0 Å². The lowest BCUT2D eigenvalue weighted by Gasteiger charge is -2.33. The Morgan fingerprint density at radius 3 is 2.80 bits per heavy atom. The Balaban J connectivity index is 1.75. The maximum atomic E-state index is 11.9. The Morgan fingerprint density at radius 1 is 1.44 bits per heavy atom. The van der Waals surface area contributed by atoms with Crippen LogP contribution in [0.2, 0.25) is 0 Å². The maximum absolute atomic E-state index is 11.9. The number of nitrogens with two attached hydrogens (primary N) is 1.